The highest BCUT2D eigenvalue weighted by molar-refractivity contribution is 5.93. The molecule has 0 aromatic carbocycles. The van der Waals surface area contributed by atoms with Crippen molar-refractivity contribution in [1.29, 1.82) is 0 Å². The molecule has 1 aliphatic carbocycles. The van der Waals surface area contributed by atoms with Crippen LogP contribution in [0.1, 0.15) is 68.2 Å². The Morgan fingerprint density at radius 1 is 1.41 bits per heavy atom. The van der Waals surface area contributed by atoms with Gasteiger partial charge in [0.25, 0.3) is 5.91 Å². The Bertz CT molecular complexity index is 549. The second-order valence-electron chi connectivity index (χ2n) is 6.04. The summed E-state index contributed by atoms with van der Waals surface area (Å²) in [5.74, 6) is -1.58. The van der Waals surface area contributed by atoms with Gasteiger partial charge < -0.3 is 10.4 Å². The van der Waals surface area contributed by atoms with Crippen molar-refractivity contribution in [3.05, 3.63) is 17.5 Å². The first kappa shape index (κ1) is 16.5. The van der Waals surface area contributed by atoms with Crippen molar-refractivity contribution in [2.75, 3.05) is 0 Å². The van der Waals surface area contributed by atoms with E-state index in [1.807, 2.05) is 11.6 Å². The number of hydrogen-bond donors (Lipinski definition) is 2. The van der Waals surface area contributed by atoms with Gasteiger partial charge >= 0.3 is 5.97 Å². The van der Waals surface area contributed by atoms with Crippen molar-refractivity contribution in [2.24, 2.45) is 5.92 Å². The maximum absolute atomic E-state index is 12.4. The summed E-state index contributed by atoms with van der Waals surface area (Å²) in [5.41, 5.74) is 1.33. The van der Waals surface area contributed by atoms with Gasteiger partial charge in [0.2, 0.25) is 0 Å². The molecule has 1 amide bonds. The first-order valence-corrected chi connectivity index (χ1v) is 8.07. The molecule has 0 spiro atoms. The summed E-state index contributed by atoms with van der Waals surface area (Å²) in [6.07, 6.45) is 4.10. The molecule has 0 unspecified atom stereocenters. The summed E-state index contributed by atoms with van der Waals surface area (Å²) >= 11 is 0. The lowest BCUT2D eigenvalue weighted by Gasteiger charge is -2.17. The quantitative estimate of drug-likeness (QED) is 0.846. The largest absolute Gasteiger partial charge is 0.481 e. The lowest BCUT2D eigenvalue weighted by atomic mass is 10.0. The van der Waals surface area contributed by atoms with Crippen LogP contribution in [0, 0.1) is 12.8 Å². The zero-order valence-electron chi connectivity index (χ0n) is 13.5. The van der Waals surface area contributed by atoms with Gasteiger partial charge in [-0.25, -0.2) is 0 Å². The molecule has 6 nitrogen and oxygen atoms in total. The first-order valence-electron chi connectivity index (χ1n) is 8.07. The molecule has 0 saturated heterocycles. The predicted octanol–water partition coefficient (Wildman–Crippen LogP) is 2.54. The van der Waals surface area contributed by atoms with Crippen LogP contribution in [0.15, 0.2) is 6.07 Å². The van der Waals surface area contributed by atoms with Crippen LogP contribution in [0.3, 0.4) is 0 Å². The van der Waals surface area contributed by atoms with Crippen LogP contribution in [0.25, 0.3) is 0 Å². The Balaban J connectivity index is 2.10. The smallest absolute Gasteiger partial charge is 0.308 e. The lowest BCUT2D eigenvalue weighted by molar-refractivity contribution is -0.142. The normalized spacial score (nSPS) is 21.3. The third-order valence-electron chi connectivity index (χ3n) is 4.59. The second-order valence-corrected chi connectivity index (χ2v) is 6.04. The van der Waals surface area contributed by atoms with Crippen molar-refractivity contribution in [3.8, 4) is 0 Å². The van der Waals surface area contributed by atoms with Crippen LogP contribution in [0.5, 0.6) is 0 Å². The van der Waals surface area contributed by atoms with Crippen LogP contribution in [0.2, 0.25) is 0 Å². The van der Waals surface area contributed by atoms with Gasteiger partial charge in [0.1, 0.15) is 5.69 Å². The number of carboxylic acids is 1. The number of nitrogens with zero attached hydrogens (tertiary/aromatic N) is 2. The number of aromatic nitrogens is 2. The third kappa shape index (κ3) is 3.31. The molecule has 122 valence electrons. The Hall–Kier alpha value is -1.85. The van der Waals surface area contributed by atoms with E-state index in [4.69, 9.17) is 0 Å². The summed E-state index contributed by atoms with van der Waals surface area (Å²) in [7, 11) is 0. The predicted molar refractivity (Wildman–Crippen MR) is 82.8 cm³/mol. The topological polar surface area (TPSA) is 84.2 Å². The van der Waals surface area contributed by atoms with Crippen molar-refractivity contribution < 1.29 is 14.7 Å². The average Bonchev–Trinajstić information content (AvgIpc) is 3.08. The lowest BCUT2D eigenvalue weighted by Crippen LogP contribution is -2.40. The fraction of sp³-hybridized carbons (Fsp3) is 0.688. The minimum atomic E-state index is -0.832. The Morgan fingerprint density at radius 3 is 2.68 bits per heavy atom. The molecular formula is C16H25N3O3. The van der Waals surface area contributed by atoms with E-state index in [1.165, 1.54) is 0 Å². The molecule has 2 atom stereocenters. The Morgan fingerprint density at radius 2 is 2.09 bits per heavy atom. The van der Waals surface area contributed by atoms with E-state index in [2.05, 4.69) is 24.3 Å². The summed E-state index contributed by atoms with van der Waals surface area (Å²) < 4.78 is 1.90. The number of hydrogen-bond acceptors (Lipinski definition) is 3. The van der Waals surface area contributed by atoms with E-state index >= 15 is 0 Å². The third-order valence-corrected chi connectivity index (χ3v) is 4.59. The molecule has 2 rings (SSSR count). The standard InChI is InChI=1S/C16H25N3O3/c1-4-11(5-2)19-10(3)9-14(18-19)15(20)17-13-8-6-7-12(13)16(21)22/h9,11-13H,4-8H2,1-3H3,(H,17,20)(H,21,22)/t12-,13+/m0/s1. The molecule has 1 heterocycles. The highest BCUT2D eigenvalue weighted by atomic mass is 16.4. The monoisotopic (exact) mass is 307 g/mol. The van der Waals surface area contributed by atoms with Crippen LogP contribution in [0.4, 0.5) is 0 Å². The van der Waals surface area contributed by atoms with E-state index in [0.29, 0.717) is 18.2 Å². The van der Waals surface area contributed by atoms with Crippen molar-refractivity contribution in [1.82, 2.24) is 15.1 Å². The number of carboxylic acid groups (broad SMARTS) is 1. The van der Waals surface area contributed by atoms with E-state index in [9.17, 15) is 14.7 Å². The van der Waals surface area contributed by atoms with Gasteiger partial charge in [-0.05, 0) is 38.7 Å². The molecule has 1 saturated carbocycles. The number of carbonyl (C=O) groups is 2. The zero-order valence-corrected chi connectivity index (χ0v) is 13.5. The fourth-order valence-electron chi connectivity index (χ4n) is 3.27. The van der Waals surface area contributed by atoms with Crippen molar-refractivity contribution >= 4 is 11.9 Å². The summed E-state index contributed by atoms with van der Waals surface area (Å²) in [5, 5.41) is 16.4. The molecule has 0 aliphatic heterocycles. The molecule has 6 heteroatoms. The van der Waals surface area contributed by atoms with Crippen LogP contribution < -0.4 is 5.32 Å². The second kappa shape index (κ2) is 6.94. The molecule has 1 fully saturated rings. The molecule has 22 heavy (non-hydrogen) atoms. The number of rotatable bonds is 6. The van der Waals surface area contributed by atoms with Crippen molar-refractivity contribution in [3.63, 3.8) is 0 Å². The van der Waals surface area contributed by atoms with Gasteiger partial charge in [0.15, 0.2) is 0 Å². The summed E-state index contributed by atoms with van der Waals surface area (Å²) in [6.45, 7) is 6.15. The maximum Gasteiger partial charge on any atom is 0.308 e. The van der Waals surface area contributed by atoms with Gasteiger partial charge in [-0.3, -0.25) is 14.3 Å². The van der Waals surface area contributed by atoms with Crippen LogP contribution in [-0.4, -0.2) is 32.8 Å². The van der Waals surface area contributed by atoms with Gasteiger partial charge in [0, 0.05) is 11.7 Å². The van der Waals surface area contributed by atoms with Gasteiger partial charge in [0.05, 0.1) is 12.0 Å². The molecule has 1 aliphatic rings. The molecule has 1 aromatic rings. The SMILES string of the molecule is CCC(CC)n1nc(C(=O)N[C@@H]2CCC[C@@H]2C(=O)O)cc1C. The van der Waals surface area contributed by atoms with E-state index < -0.39 is 11.9 Å². The number of amides is 1. The molecule has 2 N–H and O–H groups in total. The van der Waals surface area contributed by atoms with Crippen molar-refractivity contribution in [2.45, 2.75) is 65.0 Å². The molecule has 0 bridgehead atoms. The minimum Gasteiger partial charge on any atom is -0.481 e. The van der Waals surface area contributed by atoms with Gasteiger partial charge in [-0.2, -0.15) is 5.10 Å². The summed E-state index contributed by atoms with van der Waals surface area (Å²) in [4.78, 5) is 23.5. The Labute approximate surface area is 130 Å². The number of aryl methyl sites for hydroxylation is 1. The number of aliphatic carboxylic acids is 1. The Kier molecular flexibility index (Phi) is 5.21. The van der Waals surface area contributed by atoms with E-state index in [-0.39, 0.29) is 11.9 Å². The highest BCUT2D eigenvalue weighted by Crippen LogP contribution is 2.26. The maximum atomic E-state index is 12.4. The number of carbonyl (C=O) groups excluding carboxylic acids is 1. The fourth-order valence-corrected chi connectivity index (χ4v) is 3.27. The van der Waals surface area contributed by atoms with Crippen LogP contribution in [-0.2, 0) is 4.79 Å². The average molecular weight is 307 g/mol. The highest BCUT2D eigenvalue weighted by Gasteiger charge is 2.34. The van der Waals surface area contributed by atoms with E-state index in [0.717, 1.165) is 31.4 Å². The minimum absolute atomic E-state index is 0.272. The summed E-state index contributed by atoms with van der Waals surface area (Å²) in [6, 6.07) is 1.78. The van der Waals surface area contributed by atoms with Crippen LogP contribution >= 0.6 is 0 Å². The first-order chi connectivity index (χ1) is 10.5. The van der Waals surface area contributed by atoms with E-state index in [1.54, 1.807) is 6.07 Å². The number of nitrogens with one attached hydrogen (secondary N) is 1. The molecule has 1 aromatic heterocycles. The van der Waals surface area contributed by atoms with Gasteiger partial charge in [-0.1, -0.05) is 20.3 Å². The van der Waals surface area contributed by atoms with Gasteiger partial charge in [-0.15, -0.1) is 0 Å². The molecular weight excluding hydrogens is 282 g/mol. The molecule has 0 radical (unpaired) electrons. The zero-order chi connectivity index (χ0) is 16.3.